The van der Waals surface area contributed by atoms with E-state index in [1.165, 1.54) is 4.31 Å². The molecule has 0 unspecified atom stereocenters. The van der Waals surface area contributed by atoms with E-state index in [1.54, 1.807) is 0 Å². The molecule has 0 atom stereocenters. The highest BCUT2D eigenvalue weighted by atomic mass is 32.2. The number of hydrogen-bond donors (Lipinski definition) is 1. The van der Waals surface area contributed by atoms with Gasteiger partial charge in [0.1, 0.15) is 6.54 Å². The molecule has 0 heterocycles. The fourth-order valence-corrected chi connectivity index (χ4v) is 4.09. The number of sulfonamides is 1. The van der Waals surface area contributed by atoms with Gasteiger partial charge in [-0.1, -0.05) is 49.7 Å². The van der Waals surface area contributed by atoms with Crippen molar-refractivity contribution in [3.63, 3.8) is 0 Å². The number of aryl methyl sites for hydroxylation is 4. The second kappa shape index (κ2) is 8.57. The normalized spacial score (nSPS) is 11.3. The Morgan fingerprint density at radius 1 is 1.04 bits per heavy atom. The van der Waals surface area contributed by atoms with E-state index in [2.05, 4.69) is 5.32 Å². The van der Waals surface area contributed by atoms with E-state index < -0.39 is 10.0 Å². The van der Waals surface area contributed by atoms with Gasteiger partial charge in [0.25, 0.3) is 0 Å². The number of carbonyl (C=O) groups is 1. The third-order valence-electron chi connectivity index (χ3n) is 4.56. The molecule has 0 saturated carbocycles. The van der Waals surface area contributed by atoms with Crippen molar-refractivity contribution < 1.29 is 13.2 Å². The van der Waals surface area contributed by atoms with Crippen LogP contribution in [0.25, 0.3) is 0 Å². The number of rotatable bonds is 7. The first kappa shape index (κ1) is 21.0. The van der Waals surface area contributed by atoms with E-state index in [0.29, 0.717) is 24.2 Å². The van der Waals surface area contributed by atoms with Gasteiger partial charge < -0.3 is 5.32 Å². The van der Waals surface area contributed by atoms with Gasteiger partial charge in [0, 0.05) is 5.69 Å². The summed E-state index contributed by atoms with van der Waals surface area (Å²) < 4.78 is 26.3. The van der Waals surface area contributed by atoms with Crippen molar-refractivity contribution in [1.29, 1.82) is 0 Å². The zero-order valence-corrected chi connectivity index (χ0v) is 17.5. The summed E-state index contributed by atoms with van der Waals surface area (Å²) in [6.07, 6.45) is 2.52. The first-order chi connectivity index (χ1) is 12.7. The van der Waals surface area contributed by atoms with Gasteiger partial charge in [-0.05, 0) is 49.4 Å². The fraction of sp³-hybridized carbons (Fsp3) is 0.381. The molecule has 0 aliphatic rings. The number of carbonyl (C=O) groups excluding carboxylic acids is 1. The molecule has 27 heavy (non-hydrogen) atoms. The van der Waals surface area contributed by atoms with Crippen molar-refractivity contribution in [3.05, 3.63) is 58.7 Å². The van der Waals surface area contributed by atoms with E-state index >= 15 is 0 Å². The number of amides is 1. The van der Waals surface area contributed by atoms with E-state index in [4.69, 9.17) is 0 Å². The average Bonchev–Trinajstić information content (AvgIpc) is 2.60. The maximum atomic E-state index is 12.7. The molecule has 0 spiro atoms. The van der Waals surface area contributed by atoms with Gasteiger partial charge in [0.05, 0.1) is 11.9 Å². The Hall–Kier alpha value is -2.34. The minimum absolute atomic E-state index is 0.254. The van der Waals surface area contributed by atoms with Crippen LogP contribution in [0.2, 0.25) is 0 Å². The van der Waals surface area contributed by atoms with Crippen LogP contribution in [-0.2, 0) is 27.7 Å². The molecule has 0 aliphatic heterocycles. The third kappa shape index (κ3) is 5.10. The second-order valence-corrected chi connectivity index (χ2v) is 8.67. The standard InChI is InChI=1S/C21H28N2O3S/c1-6-17-9-8-10-18(7-2)21(17)23(27(5,25)26)14-20(24)22-19-12-11-15(3)13-16(19)4/h8-13H,6-7,14H2,1-5H3,(H,22,24). The molecule has 0 aliphatic carbocycles. The molecule has 2 aromatic carbocycles. The van der Waals surface area contributed by atoms with E-state index in [-0.39, 0.29) is 12.5 Å². The zero-order chi connectivity index (χ0) is 20.2. The van der Waals surface area contributed by atoms with Crippen molar-refractivity contribution >= 4 is 27.3 Å². The lowest BCUT2D eigenvalue weighted by Crippen LogP contribution is -2.38. The molecule has 0 fully saturated rings. The van der Waals surface area contributed by atoms with Gasteiger partial charge in [0.15, 0.2) is 0 Å². The highest BCUT2D eigenvalue weighted by Crippen LogP contribution is 2.29. The van der Waals surface area contributed by atoms with Crippen LogP contribution >= 0.6 is 0 Å². The summed E-state index contributed by atoms with van der Waals surface area (Å²) in [5, 5.41) is 2.84. The molecule has 1 amide bonds. The lowest BCUT2D eigenvalue weighted by Gasteiger charge is -2.27. The highest BCUT2D eigenvalue weighted by molar-refractivity contribution is 7.92. The minimum atomic E-state index is -3.61. The summed E-state index contributed by atoms with van der Waals surface area (Å²) in [5.41, 5.74) is 5.20. The van der Waals surface area contributed by atoms with Crippen molar-refractivity contribution in [1.82, 2.24) is 0 Å². The molecule has 146 valence electrons. The number of nitrogens with one attached hydrogen (secondary N) is 1. The Morgan fingerprint density at radius 2 is 1.63 bits per heavy atom. The summed E-state index contributed by atoms with van der Waals surface area (Å²) in [6.45, 7) is 7.61. The van der Waals surface area contributed by atoms with Crippen molar-refractivity contribution in [2.24, 2.45) is 0 Å². The quantitative estimate of drug-likeness (QED) is 0.784. The maximum absolute atomic E-state index is 12.7. The highest BCUT2D eigenvalue weighted by Gasteiger charge is 2.25. The smallest absolute Gasteiger partial charge is 0.245 e. The Labute approximate surface area is 162 Å². The third-order valence-corrected chi connectivity index (χ3v) is 5.67. The molecular weight excluding hydrogens is 360 g/mol. The number of hydrogen-bond acceptors (Lipinski definition) is 3. The molecule has 0 radical (unpaired) electrons. The number of para-hydroxylation sites is 1. The summed E-state index contributed by atoms with van der Waals surface area (Å²) in [6, 6.07) is 11.5. The largest absolute Gasteiger partial charge is 0.324 e. The molecule has 2 rings (SSSR count). The van der Waals surface area contributed by atoms with Gasteiger partial charge in [-0.3, -0.25) is 9.10 Å². The van der Waals surface area contributed by atoms with E-state index in [1.807, 2.05) is 64.1 Å². The average molecular weight is 389 g/mol. The monoisotopic (exact) mass is 388 g/mol. The van der Waals surface area contributed by atoms with Crippen LogP contribution in [0.4, 0.5) is 11.4 Å². The van der Waals surface area contributed by atoms with Gasteiger partial charge in [-0.25, -0.2) is 8.42 Å². The van der Waals surface area contributed by atoms with Gasteiger partial charge >= 0.3 is 0 Å². The van der Waals surface area contributed by atoms with Crippen LogP contribution < -0.4 is 9.62 Å². The molecule has 0 bridgehead atoms. The molecular formula is C21H28N2O3S. The van der Waals surface area contributed by atoms with E-state index in [0.717, 1.165) is 28.5 Å². The Morgan fingerprint density at radius 3 is 2.11 bits per heavy atom. The molecule has 5 nitrogen and oxygen atoms in total. The predicted octanol–water partition coefficient (Wildman–Crippen LogP) is 3.83. The molecule has 0 aromatic heterocycles. The predicted molar refractivity (Wildman–Crippen MR) is 112 cm³/mol. The SMILES string of the molecule is CCc1cccc(CC)c1N(CC(=O)Nc1ccc(C)cc1C)S(C)(=O)=O. The minimum Gasteiger partial charge on any atom is -0.324 e. The first-order valence-electron chi connectivity index (χ1n) is 9.13. The summed E-state index contributed by atoms with van der Waals surface area (Å²) in [7, 11) is -3.61. The maximum Gasteiger partial charge on any atom is 0.245 e. The number of nitrogens with zero attached hydrogens (tertiary/aromatic N) is 1. The lowest BCUT2D eigenvalue weighted by atomic mass is 10.0. The Bertz CT molecular complexity index is 914. The van der Waals surface area contributed by atoms with Gasteiger partial charge in [0.2, 0.25) is 15.9 Å². The Kier molecular flexibility index (Phi) is 6.65. The van der Waals surface area contributed by atoms with Crippen LogP contribution in [0, 0.1) is 13.8 Å². The van der Waals surface area contributed by atoms with Crippen molar-refractivity contribution in [2.75, 3.05) is 22.4 Å². The first-order valence-corrected chi connectivity index (χ1v) is 11.0. The van der Waals surface area contributed by atoms with Gasteiger partial charge in [-0.2, -0.15) is 0 Å². The van der Waals surface area contributed by atoms with E-state index in [9.17, 15) is 13.2 Å². The zero-order valence-electron chi connectivity index (χ0n) is 16.7. The van der Waals surface area contributed by atoms with Crippen molar-refractivity contribution in [2.45, 2.75) is 40.5 Å². The summed E-state index contributed by atoms with van der Waals surface area (Å²) >= 11 is 0. The molecule has 6 heteroatoms. The van der Waals surface area contributed by atoms with Gasteiger partial charge in [-0.15, -0.1) is 0 Å². The van der Waals surface area contributed by atoms with Crippen LogP contribution in [0.15, 0.2) is 36.4 Å². The fourth-order valence-electron chi connectivity index (χ4n) is 3.17. The van der Waals surface area contributed by atoms with Crippen LogP contribution in [-0.4, -0.2) is 27.1 Å². The van der Waals surface area contributed by atoms with Crippen molar-refractivity contribution in [3.8, 4) is 0 Å². The summed E-state index contributed by atoms with van der Waals surface area (Å²) in [5.74, 6) is -0.361. The second-order valence-electron chi connectivity index (χ2n) is 6.77. The molecule has 2 aromatic rings. The van der Waals surface area contributed by atoms with Crippen LogP contribution in [0.1, 0.15) is 36.1 Å². The number of anilines is 2. The number of benzene rings is 2. The topological polar surface area (TPSA) is 66.5 Å². The Balaban J connectivity index is 2.38. The molecule has 1 N–H and O–H groups in total. The van der Waals surface area contributed by atoms with Crippen LogP contribution in [0.3, 0.4) is 0 Å². The molecule has 0 saturated heterocycles. The van der Waals surface area contributed by atoms with Crippen LogP contribution in [0.5, 0.6) is 0 Å². The summed E-state index contributed by atoms with van der Waals surface area (Å²) in [4.78, 5) is 12.7. The lowest BCUT2D eigenvalue weighted by molar-refractivity contribution is -0.114.